The molecule has 28 heavy (non-hydrogen) atoms. The molecule has 2 heterocycles. The topological polar surface area (TPSA) is 82.0 Å². The van der Waals surface area contributed by atoms with Crippen molar-refractivity contribution >= 4 is 11.7 Å². The zero-order valence-electron chi connectivity index (χ0n) is 16.4. The molecule has 8 heteroatoms. The molecule has 1 aromatic rings. The number of aliphatic hydroxyl groups excluding tert-OH is 2. The van der Waals surface area contributed by atoms with Crippen LogP contribution in [0.25, 0.3) is 0 Å². The molecule has 0 saturated carbocycles. The lowest BCUT2D eigenvalue weighted by Gasteiger charge is -2.33. The van der Waals surface area contributed by atoms with E-state index in [1.54, 1.807) is 25.7 Å². The summed E-state index contributed by atoms with van der Waals surface area (Å²) in [6.45, 7) is 6.24. The highest BCUT2D eigenvalue weighted by atomic mass is 19.1. The molecule has 2 aliphatic rings. The van der Waals surface area contributed by atoms with Crippen molar-refractivity contribution in [1.29, 1.82) is 0 Å². The van der Waals surface area contributed by atoms with Crippen LogP contribution in [0.2, 0.25) is 0 Å². The van der Waals surface area contributed by atoms with E-state index >= 15 is 0 Å². The number of hydrogen-bond donors (Lipinski definition) is 3. The highest BCUT2D eigenvalue weighted by Crippen LogP contribution is 2.35. The smallest absolute Gasteiger partial charge is 0.311 e. The Morgan fingerprint density at radius 2 is 1.82 bits per heavy atom. The van der Waals surface area contributed by atoms with Crippen molar-refractivity contribution in [2.45, 2.75) is 64.0 Å². The predicted octanol–water partition coefficient (Wildman–Crippen LogP) is 2.24. The lowest BCUT2D eigenvalue weighted by atomic mass is 9.88. The van der Waals surface area contributed by atoms with E-state index in [-0.39, 0.29) is 23.9 Å². The summed E-state index contributed by atoms with van der Waals surface area (Å²) in [7, 11) is 0. The monoisotopic (exact) mass is 398 g/mol. The number of halogens is 2. The van der Waals surface area contributed by atoms with Gasteiger partial charge < -0.3 is 19.8 Å². The molecule has 0 aliphatic carbocycles. The van der Waals surface area contributed by atoms with Gasteiger partial charge in [0.15, 0.2) is 0 Å². The minimum Gasteiger partial charge on any atom is -0.460 e. The largest absolute Gasteiger partial charge is 0.460 e. The van der Waals surface area contributed by atoms with Gasteiger partial charge in [0.25, 0.3) is 0 Å². The third kappa shape index (κ3) is 4.61. The Morgan fingerprint density at radius 1 is 1.18 bits per heavy atom. The van der Waals surface area contributed by atoms with Crippen molar-refractivity contribution in [2.24, 2.45) is 5.92 Å². The molecule has 0 bridgehead atoms. The lowest BCUT2D eigenvalue weighted by Crippen LogP contribution is -2.46. The van der Waals surface area contributed by atoms with Crippen LogP contribution in [0.15, 0.2) is 12.1 Å². The van der Waals surface area contributed by atoms with Crippen molar-refractivity contribution in [3.63, 3.8) is 0 Å². The van der Waals surface area contributed by atoms with Crippen molar-refractivity contribution in [3.8, 4) is 0 Å². The number of esters is 1. The van der Waals surface area contributed by atoms with Gasteiger partial charge in [0.2, 0.25) is 0 Å². The second-order valence-electron chi connectivity index (χ2n) is 8.60. The van der Waals surface area contributed by atoms with Crippen molar-refractivity contribution in [3.05, 3.63) is 29.3 Å². The summed E-state index contributed by atoms with van der Waals surface area (Å²) in [5.41, 5.74) is -0.395. The van der Waals surface area contributed by atoms with E-state index in [0.717, 1.165) is 0 Å². The van der Waals surface area contributed by atoms with Crippen LogP contribution in [0, 0.1) is 17.6 Å². The van der Waals surface area contributed by atoms with Gasteiger partial charge in [0.05, 0.1) is 5.92 Å². The first-order valence-electron chi connectivity index (χ1n) is 9.64. The number of piperidine rings is 1. The van der Waals surface area contributed by atoms with E-state index in [9.17, 15) is 23.8 Å². The Bertz CT molecular complexity index is 714. The van der Waals surface area contributed by atoms with Crippen molar-refractivity contribution in [1.82, 2.24) is 5.32 Å². The molecule has 0 spiro atoms. The maximum absolute atomic E-state index is 14.7. The van der Waals surface area contributed by atoms with E-state index in [2.05, 4.69) is 5.32 Å². The fourth-order valence-electron chi connectivity index (χ4n) is 3.87. The number of benzene rings is 1. The number of anilines is 1. The minimum atomic E-state index is -1.22. The van der Waals surface area contributed by atoms with Gasteiger partial charge in [-0.2, -0.15) is 0 Å². The van der Waals surface area contributed by atoms with Gasteiger partial charge >= 0.3 is 5.97 Å². The van der Waals surface area contributed by atoms with Gasteiger partial charge in [-0.1, -0.05) is 0 Å². The highest BCUT2D eigenvalue weighted by molar-refractivity contribution is 5.74. The summed E-state index contributed by atoms with van der Waals surface area (Å²) in [6.07, 6.45) is -0.977. The summed E-state index contributed by atoms with van der Waals surface area (Å²) in [4.78, 5) is 14.0. The molecule has 2 fully saturated rings. The summed E-state index contributed by atoms with van der Waals surface area (Å²) in [5, 5.41) is 22.1. The standard InChI is InChI=1S/C20H28F2N2O4/c1-20(2,3)28-19(27)11-6-7-24(10-11)12-8-14(21)17(15(22)9-12)13-4-5-16(25)23-18(13)26/h8-9,11,13,16,18,23,25-26H,4-7,10H2,1-3H3/t11?,13-,16-,18-/m1/s1. The molecule has 0 radical (unpaired) electrons. The number of nitrogens with one attached hydrogen (secondary N) is 1. The Balaban J connectivity index is 1.74. The second kappa shape index (κ2) is 7.93. The number of nitrogens with zero attached hydrogens (tertiary/aromatic N) is 1. The molecule has 1 aromatic carbocycles. The molecule has 0 amide bonds. The first kappa shape index (κ1) is 21.0. The molecule has 3 N–H and O–H groups in total. The molecular formula is C20H28F2N2O4. The third-order valence-corrected chi connectivity index (χ3v) is 5.22. The molecule has 4 atom stereocenters. The van der Waals surface area contributed by atoms with E-state index in [1.165, 1.54) is 12.1 Å². The van der Waals surface area contributed by atoms with Crippen LogP contribution in [0.4, 0.5) is 14.5 Å². The summed E-state index contributed by atoms with van der Waals surface area (Å²) in [6, 6.07) is 2.49. The van der Waals surface area contributed by atoms with E-state index < -0.39 is 35.6 Å². The zero-order valence-corrected chi connectivity index (χ0v) is 16.4. The second-order valence-corrected chi connectivity index (χ2v) is 8.60. The molecule has 3 rings (SSSR count). The first-order chi connectivity index (χ1) is 13.0. The van der Waals surface area contributed by atoms with Crippen LogP contribution in [0.3, 0.4) is 0 Å². The molecule has 6 nitrogen and oxygen atoms in total. The van der Waals surface area contributed by atoms with Gasteiger partial charge in [-0.05, 0) is 52.2 Å². The van der Waals surface area contributed by atoms with E-state index in [1.807, 2.05) is 0 Å². The third-order valence-electron chi connectivity index (χ3n) is 5.22. The van der Waals surface area contributed by atoms with Crippen LogP contribution < -0.4 is 10.2 Å². The van der Waals surface area contributed by atoms with Crippen LogP contribution >= 0.6 is 0 Å². The van der Waals surface area contributed by atoms with Gasteiger partial charge in [0, 0.05) is 30.3 Å². The maximum atomic E-state index is 14.7. The van der Waals surface area contributed by atoms with Crippen LogP contribution in [0.1, 0.15) is 51.5 Å². The van der Waals surface area contributed by atoms with Gasteiger partial charge in [-0.3, -0.25) is 10.1 Å². The number of carbonyl (C=O) groups is 1. The van der Waals surface area contributed by atoms with E-state index in [0.29, 0.717) is 31.6 Å². The number of carbonyl (C=O) groups excluding carboxylic acids is 1. The molecule has 1 unspecified atom stereocenters. The Kier molecular flexibility index (Phi) is 5.93. The van der Waals surface area contributed by atoms with Crippen molar-refractivity contribution < 1.29 is 28.5 Å². The molecular weight excluding hydrogens is 370 g/mol. The minimum absolute atomic E-state index is 0.182. The average Bonchev–Trinajstić information content (AvgIpc) is 3.04. The number of rotatable bonds is 3. The number of hydrogen-bond acceptors (Lipinski definition) is 6. The predicted molar refractivity (Wildman–Crippen MR) is 99.6 cm³/mol. The average molecular weight is 398 g/mol. The fourth-order valence-corrected chi connectivity index (χ4v) is 3.87. The Labute approximate surface area is 163 Å². The molecule has 2 saturated heterocycles. The van der Waals surface area contributed by atoms with Crippen LogP contribution in [-0.4, -0.2) is 47.3 Å². The van der Waals surface area contributed by atoms with Gasteiger partial charge in [-0.15, -0.1) is 0 Å². The van der Waals surface area contributed by atoms with Crippen LogP contribution in [-0.2, 0) is 9.53 Å². The summed E-state index contributed by atoms with van der Waals surface area (Å²) >= 11 is 0. The SMILES string of the molecule is CC(C)(C)OC(=O)C1CCN(c2cc(F)c([C@H]3CC[C@@H](O)N[C@@H]3O)c(F)c2)C1. The van der Waals surface area contributed by atoms with Crippen molar-refractivity contribution in [2.75, 3.05) is 18.0 Å². The Morgan fingerprint density at radius 3 is 2.39 bits per heavy atom. The number of ether oxygens (including phenoxy) is 1. The molecule has 0 aromatic heterocycles. The molecule has 2 aliphatic heterocycles. The summed E-state index contributed by atoms with van der Waals surface area (Å²) in [5.74, 6) is -2.89. The maximum Gasteiger partial charge on any atom is 0.311 e. The zero-order chi connectivity index (χ0) is 20.6. The lowest BCUT2D eigenvalue weighted by molar-refractivity contribution is -0.159. The van der Waals surface area contributed by atoms with Gasteiger partial charge in [0.1, 0.15) is 29.7 Å². The van der Waals surface area contributed by atoms with E-state index in [4.69, 9.17) is 4.74 Å². The molecule has 156 valence electrons. The first-order valence-corrected chi connectivity index (χ1v) is 9.64. The van der Waals surface area contributed by atoms with Gasteiger partial charge in [-0.25, -0.2) is 8.78 Å². The summed E-state index contributed by atoms with van der Waals surface area (Å²) < 4.78 is 34.9. The quantitative estimate of drug-likeness (QED) is 0.678. The normalized spacial score (nSPS) is 28.5. The fraction of sp³-hybridized carbons (Fsp3) is 0.650. The Hall–Kier alpha value is -1.77. The number of aliphatic hydroxyl groups is 2. The van der Waals surface area contributed by atoms with Crippen LogP contribution in [0.5, 0.6) is 0 Å². The highest BCUT2D eigenvalue weighted by Gasteiger charge is 2.35.